The normalized spacial score (nSPS) is 10.6. The van der Waals surface area contributed by atoms with Gasteiger partial charge in [0.15, 0.2) is 6.33 Å². The van der Waals surface area contributed by atoms with Crippen LogP contribution >= 0.6 is 0 Å². The number of aryl methyl sites for hydroxylation is 2. The molecule has 4 rings (SSSR count). The van der Waals surface area contributed by atoms with Crippen molar-refractivity contribution in [3.63, 3.8) is 0 Å². The van der Waals surface area contributed by atoms with Gasteiger partial charge in [-0.25, -0.2) is 4.57 Å². The summed E-state index contributed by atoms with van der Waals surface area (Å²) in [5, 5.41) is 0. The Balaban J connectivity index is 0.00000169. The van der Waals surface area contributed by atoms with Gasteiger partial charge in [-0.2, -0.15) is 32.2 Å². The fourth-order valence-corrected chi connectivity index (χ4v) is 2.60. The summed E-state index contributed by atoms with van der Waals surface area (Å²) in [6.45, 7) is 4.14. The van der Waals surface area contributed by atoms with Crippen LogP contribution in [0.3, 0.4) is 0 Å². The zero-order chi connectivity index (χ0) is 15.8. The Morgan fingerprint density at radius 3 is 2.08 bits per heavy atom. The van der Waals surface area contributed by atoms with E-state index in [1.54, 1.807) is 12.4 Å². The molecule has 0 aliphatic carbocycles. The number of rotatable bonds is 2. The van der Waals surface area contributed by atoms with Gasteiger partial charge in [0, 0.05) is 25.8 Å². The van der Waals surface area contributed by atoms with E-state index in [9.17, 15) is 0 Å². The van der Waals surface area contributed by atoms with Crippen molar-refractivity contribution in [2.75, 3.05) is 0 Å². The average Bonchev–Trinajstić information content (AvgIpc) is 2.96. The maximum Gasteiger partial charge on any atom is 0.281 e. The van der Waals surface area contributed by atoms with E-state index in [0.717, 1.165) is 22.7 Å². The summed E-state index contributed by atoms with van der Waals surface area (Å²) in [5.41, 5.74) is 6.07. The molecule has 0 N–H and O–H groups in total. The number of fused-ring (bicyclic) bond motifs is 1. The molecule has 0 bridgehead atoms. The zero-order valence-electron chi connectivity index (χ0n) is 13.4. The van der Waals surface area contributed by atoms with E-state index in [2.05, 4.69) is 64.8 Å². The molecule has 24 heavy (non-hydrogen) atoms. The van der Waals surface area contributed by atoms with Crippen LogP contribution in [-0.2, 0) is 20.1 Å². The summed E-state index contributed by atoms with van der Waals surface area (Å²) in [7, 11) is 0. The molecule has 2 heterocycles. The second kappa shape index (κ2) is 6.63. The molecule has 0 spiro atoms. The smallest absolute Gasteiger partial charge is 0.206 e. The van der Waals surface area contributed by atoms with Gasteiger partial charge in [0.25, 0.3) is 11.3 Å². The Labute approximate surface area is 154 Å². The van der Waals surface area contributed by atoms with Gasteiger partial charge in [0.05, 0.1) is 12.4 Å². The van der Waals surface area contributed by atoms with E-state index < -0.39 is 0 Å². The molecule has 2 aromatic heterocycles. The summed E-state index contributed by atoms with van der Waals surface area (Å²) >= 11 is 0. The van der Waals surface area contributed by atoms with Crippen LogP contribution in [0.25, 0.3) is 22.7 Å². The summed E-state index contributed by atoms with van der Waals surface area (Å²) in [6.07, 6.45) is 5.44. The Hall–Kier alpha value is -2.36. The molecule has 0 unspecified atom stereocenters. The minimum atomic E-state index is 0. The largest absolute Gasteiger partial charge is 0.281 e. The minimum Gasteiger partial charge on any atom is -0.206 e. The average molecular weight is 493 g/mol. The molecule has 0 aliphatic rings. The third kappa shape index (κ3) is 2.88. The summed E-state index contributed by atoms with van der Waals surface area (Å²) < 4.78 is 4.07. The molecule has 5 heteroatoms. The van der Waals surface area contributed by atoms with E-state index in [1.807, 2.05) is 23.0 Å². The first kappa shape index (κ1) is 16.5. The first-order valence-electron chi connectivity index (χ1n) is 7.52. The molecule has 0 aliphatic heterocycles. The van der Waals surface area contributed by atoms with Crippen molar-refractivity contribution in [1.29, 1.82) is 0 Å². The monoisotopic (exact) mass is 493 g/mol. The molecule has 4 aromatic rings. The number of aromatic nitrogens is 4. The Kier molecular flexibility index (Phi) is 4.56. The fourth-order valence-electron chi connectivity index (χ4n) is 2.60. The molecule has 1 radical (unpaired) electrons. The zero-order valence-corrected chi connectivity index (χ0v) is 15.8. The van der Waals surface area contributed by atoms with Gasteiger partial charge >= 0.3 is 0 Å². The molecular weight excluding hydrogens is 476 g/mol. The van der Waals surface area contributed by atoms with E-state index in [1.165, 1.54) is 11.1 Å². The third-order valence-corrected chi connectivity index (χ3v) is 3.87. The second-order valence-corrected chi connectivity index (χ2v) is 5.65. The van der Waals surface area contributed by atoms with Crippen LogP contribution in [0.15, 0.2) is 61.2 Å². The standard InChI is InChI=1S/C19H16N4.Ir/c1-14-3-7-16(8-4-14)22-13-23(17-9-5-15(2)6-10-17)19-18(22)20-11-12-21-19;/h3-9,11-13H,1-2H3;. The molecule has 0 saturated carbocycles. The van der Waals surface area contributed by atoms with Crippen molar-refractivity contribution in [2.45, 2.75) is 13.8 Å². The maximum absolute atomic E-state index is 4.51. The van der Waals surface area contributed by atoms with Gasteiger partial charge in [0.2, 0.25) is 0 Å². The predicted molar refractivity (Wildman–Crippen MR) is 90.9 cm³/mol. The SMILES string of the molecule is Cc1c[c-]c(-n2[cH+]n(-c3ccc(C)cc3)c3nccnc32)cc1.[Ir]. The van der Waals surface area contributed by atoms with Crippen molar-refractivity contribution in [3.05, 3.63) is 78.4 Å². The van der Waals surface area contributed by atoms with Gasteiger partial charge in [-0.15, -0.1) is 12.1 Å². The quantitative estimate of drug-likeness (QED) is 0.398. The second-order valence-electron chi connectivity index (χ2n) is 5.65. The number of benzene rings is 2. The third-order valence-electron chi connectivity index (χ3n) is 3.87. The van der Waals surface area contributed by atoms with Crippen LogP contribution in [0.2, 0.25) is 0 Å². The van der Waals surface area contributed by atoms with Gasteiger partial charge in [0.1, 0.15) is 5.69 Å². The Bertz CT molecular complexity index is 893. The fraction of sp³-hybridized carbons (Fsp3) is 0.105. The van der Waals surface area contributed by atoms with Crippen molar-refractivity contribution in [1.82, 2.24) is 19.1 Å². The minimum absolute atomic E-state index is 0. The Morgan fingerprint density at radius 1 is 0.833 bits per heavy atom. The van der Waals surface area contributed by atoms with E-state index >= 15 is 0 Å². The van der Waals surface area contributed by atoms with Crippen LogP contribution in [0, 0.1) is 19.9 Å². The first-order valence-corrected chi connectivity index (χ1v) is 7.52. The van der Waals surface area contributed by atoms with Crippen LogP contribution in [0.5, 0.6) is 0 Å². The molecule has 0 atom stereocenters. The maximum atomic E-state index is 4.51. The van der Waals surface area contributed by atoms with Crippen LogP contribution in [-0.4, -0.2) is 19.1 Å². The summed E-state index contributed by atoms with van der Waals surface area (Å²) in [6, 6.07) is 17.8. The summed E-state index contributed by atoms with van der Waals surface area (Å²) in [4.78, 5) is 9.01. The van der Waals surface area contributed by atoms with Crippen molar-refractivity contribution in [3.8, 4) is 11.4 Å². The number of hydrogen-bond donors (Lipinski definition) is 0. The van der Waals surface area contributed by atoms with E-state index in [0.29, 0.717) is 0 Å². The number of hydrogen-bond acceptors (Lipinski definition) is 2. The van der Waals surface area contributed by atoms with Crippen LogP contribution in [0.1, 0.15) is 11.1 Å². The molecular formula is C19H16IrN4. The van der Waals surface area contributed by atoms with Crippen molar-refractivity contribution >= 4 is 11.3 Å². The number of nitrogens with zero attached hydrogens (tertiary/aromatic N) is 4. The van der Waals surface area contributed by atoms with Gasteiger partial charge in [-0.1, -0.05) is 6.92 Å². The van der Waals surface area contributed by atoms with Crippen LogP contribution < -0.4 is 0 Å². The first-order chi connectivity index (χ1) is 11.2. The van der Waals surface area contributed by atoms with Gasteiger partial charge in [-0.3, -0.25) is 0 Å². The van der Waals surface area contributed by atoms with E-state index in [4.69, 9.17) is 0 Å². The Morgan fingerprint density at radius 2 is 1.46 bits per heavy atom. The van der Waals surface area contributed by atoms with Gasteiger partial charge in [-0.05, 0) is 36.8 Å². The van der Waals surface area contributed by atoms with Crippen LogP contribution in [0.4, 0.5) is 0 Å². The molecule has 0 saturated heterocycles. The molecule has 0 amide bonds. The van der Waals surface area contributed by atoms with Gasteiger partial charge < -0.3 is 0 Å². The summed E-state index contributed by atoms with van der Waals surface area (Å²) in [5.74, 6) is 0. The van der Waals surface area contributed by atoms with Crippen molar-refractivity contribution < 1.29 is 20.1 Å². The molecule has 4 nitrogen and oxygen atoms in total. The van der Waals surface area contributed by atoms with E-state index in [-0.39, 0.29) is 20.1 Å². The molecule has 2 aromatic carbocycles. The predicted octanol–water partition coefficient (Wildman–Crippen LogP) is 3.91. The number of imidazole rings is 1. The molecule has 0 fully saturated rings. The topological polar surface area (TPSA) is 35.6 Å². The van der Waals surface area contributed by atoms with Crippen molar-refractivity contribution in [2.24, 2.45) is 0 Å². The molecule has 121 valence electrons.